The molecule has 1 N–H and O–H groups in total. The summed E-state index contributed by atoms with van der Waals surface area (Å²) < 4.78 is 10.8. The molecule has 0 aliphatic heterocycles. The van der Waals surface area contributed by atoms with Crippen LogP contribution in [0.1, 0.15) is 5.76 Å². The first-order valence-corrected chi connectivity index (χ1v) is 6.95. The van der Waals surface area contributed by atoms with Crippen molar-refractivity contribution in [3.05, 3.63) is 78.8 Å². The van der Waals surface area contributed by atoms with E-state index in [1.165, 1.54) is 0 Å². The van der Waals surface area contributed by atoms with Gasteiger partial charge in [-0.2, -0.15) is 0 Å². The molecule has 0 saturated carbocycles. The van der Waals surface area contributed by atoms with Gasteiger partial charge in [-0.3, -0.25) is 4.79 Å². The standard InChI is InChI=1S/C18H15NO3/c20-18(13-17-7-4-12-21-17)19-14-8-10-16(11-9-14)22-15-5-2-1-3-6-15/h1-12H,13H2,(H,19,20). The normalized spacial score (nSPS) is 10.2. The van der Waals surface area contributed by atoms with Crippen LogP contribution in [0.5, 0.6) is 11.5 Å². The van der Waals surface area contributed by atoms with Gasteiger partial charge in [-0.05, 0) is 48.5 Å². The van der Waals surface area contributed by atoms with Gasteiger partial charge in [0.2, 0.25) is 5.91 Å². The Morgan fingerprint density at radius 2 is 1.64 bits per heavy atom. The van der Waals surface area contributed by atoms with Crippen LogP contribution in [0.25, 0.3) is 0 Å². The van der Waals surface area contributed by atoms with Crippen LogP contribution in [0.2, 0.25) is 0 Å². The van der Waals surface area contributed by atoms with Gasteiger partial charge in [0, 0.05) is 5.69 Å². The van der Waals surface area contributed by atoms with Crippen LogP contribution in [0.3, 0.4) is 0 Å². The van der Waals surface area contributed by atoms with Crippen molar-refractivity contribution in [1.29, 1.82) is 0 Å². The molecule has 22 heavy (non-hydrogen) atoms. The number of ether oxygens (including phenoxy) is 1. The van der Waals surface area contributed by atoms with Gasteiger partial charge in [-0.15, -0.1) is 0 Å². The first kappa shape index (κ1) is 13.9. The van der Waals surface area contributed by atoms with E-state index in [1.54, 1.807) is 30.5 Å². The molecular weight excluding hydrogens is 278 g/mol. The van der Waals surface area contributed by atoms with E-state index in [0.29, 0.717) is 5.76 Å². The average Bonchev–Trinajstić information content (AvgIpc) is 3.03. The van der Waals surface area contributed by atoms with Gasteiger partial charge < -0.3 is 14.5 Å². The number of carbonyl (C=O) groups is 1. The highest BCUT2D eigenvalue weighted by molar-refractivity contribution is 5.91. The number of furan rings is 1. The second kappa shape index (κ2) is 6.63. The van der Waals surface area contributed by atoms with Crippen molar-refractivity contribution in [2.45, 2.75) is 6.42 Å². The Labute approximate surface area is 128 Å². The summed E-state index contributed by atoms with van der Waals surface area (Å²) in [6.45, 7) is 0. The quantitative estimate of drug-likeness (QED) is 0.765. The SMILES string of the molecule is O=C(Cc1ccco1)Nc1ccc(Oc2ccccc2)cc1. The molecule has 0 aliphatic rings. The highest BCUT2D eigenvalue weighted by atomic mass is 16.5. The molecule has 0 fully saturated rings. The Kier molecular flexibility index (Phi) is 4.20. The van der Waals surface area contributed by atoms with Crippen LogP contribution in [-0.4, -0.2) is 5.91 Å². The molecular formula is C18H15NO3. The predicted molar refractivity (Wildman–Crippen MR) is 84.0 cm³/mol. The number of amides is 1. The lowest BCUT2D eigenvalue weighted by Gasteiger charge is -2.07. The molecule has 1 heterocycles. The molecule has 0 bridgehead atoms. The largest absolute Gasteiger partial charge is 0.469 e. The van der Waals surface area contributed by atoms with E-state index in [2.05, 4.69) is 5.32 Å². The third-order valence-electron chi connectivity index (χ3n) is 3.03. The van der Waals surface area contributed by atoms with Crippen LogP contribution in [0, 0.1) is 0 Å². The monoisotopic (exact) mass is 293 g/mol. The van der Waals surface area contributed by atoms with Gasteiger partial charge in [0.25, 0.3) is 0 Å². The number of nitrogens with one attached hydrogen (secondary N) is 1. The summed E-state index contributed by atoms with van der Waals surface area (Å²) in [4.78, 5) is 11.9. The summed E-state index contributed by atoms with van der Waals surface area (Å²) in [5.74, 6) is 2.01. The Balaban J connectivity index is 1.58. The van der Waals surface area contributed by atoms with Crippen LogP contribution in [0.4, 0.5) is 5.69 Å². The van der Waals surface area contributed by atoms with Crippen molar-refractivity contribution < 1.29 is 13.9 Å². The summed E-state index contributed by atoms with van der Waals surface area (Å²) in [7, 11) is 0. The minimum atomic E-state index is -0.119. The van der Waals surface area contributed by atoms with E-state index in [4.69, 9.17) is 9.15 Å². The molecule has 4 nitrogen and oxygen atoms in total. The summed E-state index contributed by atoms with van der Waals surface area (Å²) in [6.07, 6.45) is 1.77. The molecule has 110 valence electrons. The lowest BCUT2D eigenvalue weighted by Crippen LogP contribution is -2.13. The molecule has 3 rings (SSSR count). The minimum Gasteiger partial charge on any atom is -0.469 e. The van der Waals surface area contributed by atoms with E-state index < -0.39 is 0 Å². The Morgan fingerprint density at radius 1 is 0.909 bits per heavy atom. The van der Waals surface area contributed by atoms with Gasteiger partial charge in [0.15, 0.2) is 0 Å². The van der Waals surface area contributed by atoms with Crippen molar-refractivity contribution in [1.82, 2.24) is 0 Å². The van der Waals surface area contributed by atoms with E-state index in [0.717, 1.165) is 17.2 Å². The molecule has 2 aromatic carbocycles. The fourth-order valence-electron chi connectivity index (χ4n) is 2.01. The maximum absolute atomic E-state index is 11.9. The molecule has 3 aromatic rings. The third-order valence-corrected chi connectivity index (χ3v) is 3.03. The van der Waals surface area contributed by atoms with E-state index in [1.807, 2.05) is 42.5 Å². The summed E-state index contributed by atoms with van der Waals surface area (Å²) >= 11 is 0. The Hall–Kier alpha value is -3.01. The number of benzene rings is 2. The Morgan fingerprint density at radius 3 is 2.32 bits per heavy atom. The number of hydrogen-bond donors (Lipinski definition) is 1. The number of anilines is 1. The molecule has 0 unspecified atom stereocenters. The fourth-order valence-corrected chi connectivity index (χ4v) is 2.01. The number of carbonyl (C=O) groups excluding carboxylic acids is 1. The van der Waals surface area contributed by atoms with Crippen molar-refractivity contribution in [2.24, 2.45) is 0 Å². The van der Waals surface area contributed by atoms with Gasteiger partial charge in [-0.1, -0.05) is 18.2 Å². The molecule has 0 saturated heterocycles. The summed E-state index contributed by atoms with van der Waals surface area (Å²) in [5, 5.41) is 2.82. The molecule has 1 amide bonds. The van der Waals surface area contributed by atoms with Crippen molar-refractivity contribution in [2.75, 3.05) is 5.32 Å². The Bertz CT molecular complexity index is 719. The molecule has 0 spiro atoms. The number of para-hydroxylation sites is 1. The second-order valence-electron chi connectivity index (χ2n) is 4.74. The van der Waals surface area contributed by atoms with Crippen LogP contribution in [0.15, 0.2) is 77.4 Å². The lowest BCUT2D eigenvalue weighted by molar-refractivity contribution is -0.115. The highest BCUT2D eigenvalue weighted by Gasteiger charge is 2.06. The van der Waals surface area contributed by atoms with Crippen molar-refractivity contribution >= 4 is 11.6 Å². The fraction of sp³-hybridized carbons (Fsp3) is 0.0556. The third kappa shape index (κ3) is 3.76. The number of rotatable bonds is 5. The molecule has 0 radical (unpaired) electrons. The molecule has 4 heteroatoms. The van der Waals surface area contributed by atoms with Crippen LogP contribution in [-0.2, 0) is 11.2 Å². The number of hydrogen-bond acceptors (Lipinski definition) is 3. The minimum absolute atomic E-state index is 0.119. The molecule has 0 aliphatic carbocycles. The lowest BCUT2D eigenvalue weighted by atomic mass is 10.2. The van der Waals surface area contributed by atoms with Crippen LogP contribution >= 0.6 is 0 Å². The first-order valence-electron chi connectivity index (χ1n) is 6.95. The van der Waals surface area contributed by atoms with Gasteiger partial charge in [-0.25, -0.2) is 0 Å². The van der Waals surface area contributed by atoms with Crippen molar-refractivity contribution in [3.63, 3.8) is 0 Å². The summed E-state index contributed by atoms with van der Waals surface area (Å²) in [6, 6.07) is 20.3. The summed E-state index contributed by atoms with van der Waals surface area (Å²) in [5.41, 5.74) is 0.719. The zero-order chi connectivity index (χ0) is 15.2. The maximum Gasteiger partial charge on any atom is 0.231 e. The van der Waals surface area contributed by atoms with Crippen LogP contribution < -0.4 is 10.1 Å². The van der Waals surface area contributed by atoms with Gasteiger partial charge in [0.05, 0.1) is 12.7 Å². The van der Waals surface area contributed by atoms with Gasteiger partial charge >= 0.3 is 0 Å². The van der Waals surface area contributed by atoms with E-state index >= 15 is 0 Å². The maximum atomic E-state index is 11.9. The topological polar surface area (TPSA) is 51.5 Å². The second-order valence-corrected chi connectivity index (χ2v) is 4.74. The van der Waals surface area contributed by atoms with E-state index in [9.17, 15) is 4.79 Å². The zero-order valence-electron chi connectivity index (χ0n) is 11.9. The molecule has 1 aromatic heterocycles. The predicted octanol–water partition coefficient (Wildman–Crippen LogP) is 4.25. The smallest absolute Gasteiger partial charge is 0.231 e. The molecule has 0 atom stereocenters. The van der Waals surface area contributed by atoms with E-state index in [-0.39, 0.29) is 12.3 Å². The average molecular weight is 293 g/mol. The first-order chi connectivity index (χ1) is 10.8. The van der Waals surface area contributed by atoms with Crippen molar-refractivity contribution in [3.8, 4) is 11.5 Å². The zero-order valence-corrected chi connectivity index (χ0v) is 11.9. The van der Waals surface area contributed by atoms with Gasteiger partial charge in [0.1, 0.15) is 17.3 Å². The highest BCUT2D eigenvalue weighted by Crippen LogP contribution is 2.22.